The summed E-state index contributed by atoms with van der Waals surface area (Å²) < 4.78 is 38.4. The van der Waals surface area contributed by atoms with Crippen molar-refractivity contribution in [3.05, 3.63) is 23.8 Å². The average molecular weight is 323 g/mol. The molecule has 1 aromatic rings. The lowest BCUT2D eigenvalue weighted by Gasteiger charge is -2.17. The van der Waals surface area contributed by atoms with Crippen molar-refractivity contribution >= 4 is 10.0 Å². The Balaban J connectivity index is 1.46. The molecule has 0 aromatic heterocycles. The van der Waals surface area contributed by atoms with Gasteiger partial charge in [0.25, 0.3) is 0 Å². The van der Waals surface area contributed by atoms with Crippen molar-refractivity contribution in [1.29, 1.82) is 0 Å². The molecule has 1 saturated carbocycles. The number of hydrogen-bond acceptors (Lipinski definition) is 4. The monoisotopic (exact) mass is 323 g/mol. The minimum absolute atomic E-state index is 0.0492. The third-order valence-corrected chi connectivity index (χ3v) is 6.53. The molecule has 22 heavy (non-hydrogen) atoms. The van der Waals surface area contributed by atoms with Crippen LogP contribution in [0.2, 0.25) is 0 Å². The maximum atomic E-state index is 12.8. The standard InChI is InChI=1S/C16H21NO4S/c18-22(19,15-3-4-16-13(9-15)6-8-20-16)17-7-5-14(10-17)21-11-12-1-2-12/h3-4,9,12,14H,1-2,5-8,10-11H2. The fourth-order valence-corrected chi connectivity index (χ4v) is 4.62. The molecule has 1 saturated heterocycles. The first-order valence-corrected chi connectivity index (χ1v) is 9.44. The third-order valence-electron chi connectivity index (χ3n) is 4.67. The molecule has 0 amide bonds. The topological polar surface area (TPSA) is 55.8 Å². The molecule has 0 radical (unpaired) electrons. The van der Waals surface area contributed by atoms with E-state index in [1.54, 1.807) is 22.5 Å². The Morgan fingerprint density at radius 1 is 1.27 bits per heavy atom. The van der Waals surface area contributed by atoms with Gasteiger partial charge in [-0.1, -0.05) is 0 Å². The second-order valence-electron chi connectivity index (χ2n) is 6.42. The molecule has 6 heteroatoms. The van der Waals surface area contributed by atoms with Gasteiger partial charge in [-0.15, -0.1) is 0 Å². The van der Waals surface area contributed by atoms with Crippen molar-refractivity contribution in [3.63, 3.8) is 0 Å². The Morgan fingerprint density at radius 3 is 2.95 bits per heavy atom. The Kier molecular flexibility index (Phi) is 3.63. The number of fused-ring (bicyclic) bond motifs is 1. The van der Waals surface area contributed by atoms with Crippen LogP contribution < -0.4 is 4.74 Å². The SMILES string of the molecule is O=S(=O)(c1ccc2c(c1)CCO2)N1CCC(OCC2CC2)C1. The summed E-state index contributed by atoms with van der Waals surface area (Å²) in [5, 5.41) is 0. The Bertz CT molecular complexity index is 669. The average Bonchev–Trinajstić information content (AvgIpc) is 3.03. The van der Waals surface area contributed by atoms with E-state index >= 15 is 0 Å². The zero-order chi connectivity index (χ0) is 15.2. The number of hydrogen-bond donors (Lipinski definition) is 0. The van der Waals surface area contributed by atoms with E-state index in [1.165, 1.54) is 12.8 Å². The minimum atomic E-state index is -3.42. The van der Waals surface area contributed by atoms with Gasteiger partial charge < -0.3 is 9.47 Å². The molecule has 2 aliphatic heterocycles. The molecule has 5 nitrogen and oxygen atoms in total. The zero-order valence-corrected chi connectivity index (χ0v) is 13.3. The van der Waals surface area contributed by atoms with E-state index in [4.69, 9.17) is 9.47 Å². The van der Waals surface area contributed by atoms with Gasteiger partial charge in [-0.05, 0) is 48.9 Å². The van der Waals surface area contributed by atoms with Crippen LogP contribution in [0, 0.1) is 5.92 Å². The van der Waals surface area contributed by atoms with Gasteiger partial charge >= 0.3 is 0 Å². The molecule has 1 atom stereocenters. The second kappa shape index (κ2) is 5.51. The van der Waals surface area contributed by atoms with Gasteiger partial charge in [0.1, 0.15) is 5.75 Å². The van der Waals surface area contributed by atoms with Crippen LogP contribution in [0.3, 0.4) is 0 Å². The molecule has 0 N–H and O–H groups in total. The lowest BCUT2D eigenvalue weighted by Crippen LogP contribution is -2.30. The molecule has 2 heterocycles. The molecule has 1 unspecified atom stereocenters. The first-order chi connectivity index (χ1) is 10.6. The largest absolute Gasteiger partial charge is 0.493 e. The fraction of sp³-hybridized carbons (Fsp3) is 0.625. The number of ether oxygens (including phenoxy) is 2. The smallest absolute Gasteiger partial charge is 0.243 e. The molecular weight excluding hydrogens is 302 g/mol. The Hall–Kier alpha value is -1.11. The number of sulfonamides is 1. The molecule has 4 rings (SSSR count). The lowest BCUT2D eigenvalue weighted by atomic mass is 10.2. The summed E-state index contributed by atoms with van der Waals surface area (Å²) in [4.78, 5) is 0.375. The number of nitrogens with zero attached hydrogens (tertiary/aromatic N) is 1. The van der Waals surface area contributed by atoms with E-state index in [9.17, 15) is 8.42 Å². The predicted molar refractivity (Wildman–Crippen MR) is 81.5 cm³/mol. The van der Waals surface area contributed by atoms with E-state index < -0.39 is 10.0 Å². The van der Waals surface area contributed by atoms with Gasteiger partial charge in [-0.3, -0.25) is 0 Å². The molecule has 2 fully saturated rings. The summed E-state index contributed by atoms with van der Waals surface area (Å²) in [6, 6.07) is 5.18. The molecule has 0 spiro atoms. The van der Waals surface area contributed by atoms with Gasteiger partial charge in [0.15, 0.2) is 0 Å². The van der Waals surface area contributed by atoms with Gasteiger partial charge in [0, 0.05) is 26.1 Å². The van der Waals surface area contributed by atoms with Gasteiger partial charge in [-0.25, -0.2) is 8.42 Å². The number of benzene rings is 1. The van der Waals surface area contributed by atoms with Gasteiger partial charge in [0.2, 0.25) is 10.0 Å². The highest BCUT2D eigenvalue weighted by molar-refractivity contribution is 7.89. The van der Waals surface area contributed by atoms with Crippen LogP contribution >= 0.6 is 0 Å². The highest BCUT2D eigenvalue weighted by Gasteiger charge is 2.34. The van der Waals surface area contributed by atoms with Crippen molar-refractivity contribution in [2.45, 2.75) is 36.7 Å². The summed E-state index contributed by atoms with van der Waals surface area (Å²) in [7, 11) is -3.42. The third kappa shape index (κ3) is 2.75. The quantitative estimate of drug-likeness (QED) is 0.829. The van der Waals surface area contributed by atoms with Crippen molar-refractivity contribution in [3.8, 4) is 5.75 Å². The maximum Gasteiger partial charge on any atom is 0.243 e. The highest BCUT2D eigenvalue weighted by atomic mass is 32.2. The van der Waals surface area contributed by atoms with Crippen LogP contribution in [0.4, 0.5) is 0 Å². The Morgan fingerprint density at radius 2 is 2.14 bits per heavy atom. The summed E-state index contributed by atoms with van der Waals surface area (Å²) in [6.45, 7) is 2.45. The summed E-state index contributed by atoms with van der Waals surface area (Å²) in [6.07, 6.45) is 4.14. The molecule has 1 aromatic carbocycles. The van der Waals surface area contributed by atoms with E-state index in [2.05, 4.69) is 0 Å². The maximum absolute atomic E-state index is 12.8. The number of rotatable bonds is 5. The molecule has 3 aliphatic rings. The molecule has 0 bridgehead atoms. The molecular formula is C16H21NO4S. The van der Waals surface area contributed by atoms with E-state index in [-0.39, 0.29) is 6.10 Å². The lowest BCUT2D eigenvalue weighted by molar-refractivity contribution is 0.0561. The second-order valence-corrected chi connectivity index (χ2v) is 8.36. The van der Waals surface area contributed by atoms with E-state index in [1.807, 2.05) is 0 Å². The van der Waals surface area contributed by atoms with Crippen molar-refractivity contribution in [1.82, 2.24) is 4.31 Å². The summed E-state index contributed by atoms with van der Waals surface area (Å²) in [5.41, 5.74) is 0.988. The normalized spacial score (nSPS) is 25.2. The Labute approximate surface area is 131 Å². The fourth-order valence-electron chi connectivity index (χ4n) is 3.08. The molecule has 1 aliphatic carbocycles. The van der Waals surface area contributed by atoms with Crippen molar-refractivity contribution < 1.29 is 17.9 Å². The van der Waals surface area contributed by atoms with Crippen molar-refractivity contribution in [2.75, 3.05) is 26.3 Å². The first kappa shape index (κ1) is 14.5. The highest BCUT2D eigenvalue weighted by Crippen LogP contribution is 2.32. The van der Waals surface area contributed by atoms with Crippen LogP contribution in [-0.4, -0.2) is 45.1 Å². The zero-order valence-electron chi connectivity index (χ0n) is 12.5. The van der Waals surface area contributed by atoms with Crippen LogP contribution in [0.25, 0.3) is 0 Å². The summed E-state index contributed by atoms with van der Waals surface area (Å²) in [5.74, 6) is 1.52. The van der Waals surface area contributed by atoms with Crippen LogP contribution in [0.15, 0.2) is 23.1 Å². The van der Waals surface area contributed by atoms with Crippen LogP contribution in [0.1, 0.15) is 24.8 Å². The van der Waals surface area contributed by atoms with E-state index in [0.717, 1.165) is 30.8 Å². The summed E-state index contributed by atoms with van der Waals surface area (Å²) >= 11 is 0. The van der Waals surface area contributed by atoms with E-state index in [0.29, 0.717) is 30.5 Å². The van der Waals surface area contributed by atoms with Gasteiger partial charge in [-0.2, -0.15) is 4.31 Å². The predicted octanol–water partition coefficient (Wildman–Crippen LogP) is 1.81. The van der Waals surface area contributed by atoms with Crippen molar-refractivity contribution in [2.24, 2.45) is 5.92 Å². The van der Waals surface area contributed by atoms with Crippen LogP contribution in [-0.2, 0) is 21.2 Å². The van der Waals surface area contributed by atoms with Gasteiger partial charge in [0.05, 0.1) is 17.6 Å². The van der Waals surface area contributed by atoms with Crippen LogP contribution in [0.5, 0.6) is 5.75 Å². The molecule has 120 valence electrons. The first-order valence-electron chi connectivity index (χ1n) is 8.00. The minimum Gasteiger partial charge on any atom is -0.493 e.